The van der Waals surface area contributed by atoms with Crippen LogP contribution in [0.15, 0.2) is 77.7 Å². The lowest BCUT2D eigenvalue weighted by Gasteiger charge is -2.32. The van der Waals surface area contributed by atoms with Crippen molar-refractivity contribution >= 4 is 50.7 Å². The molecule has 0 bridgehead atoms. The average molecular weight is 593 g/mol. The van der Waals surface area contributed by atoms with E-state index in [1.807, 2.05) is 13.8 Å². The van der Waals surface area contributed by atoms with Crippen LogP contribution in [-0.2, 0) is 26.2 Å². The summed E-state index contributed by atoms with van der Waals surface area (Å²) >= 11 is 12.4. The molecule has 8 nitrogen and oxygen atoms in total. The Balaban J connectivity index is 2.04. The van der Waals surface area contributed by atoms with Crippen LogP contribution in [0.4, 0.5) is 5.69 Å². The molecule has 0 heterocycles. The van der Waals surface area contributed by atoms with Gasteiger partial charge in [-0.1, -0.05) is 41.4 Å². The van der Waals surface area contributed by atoms with Crippen molar-refractivity contribution in [2.75, 3.05) is 18.0 Å². The van der Waals surface area contributed by atoms with E-state index in [-0.39, 0.29) is 29.1 Å². The van der Waals surface area contributed by atoms with E-state index in [2.05, 4.69) is 5.32 Å². The predicted octanol–water partition coefficient (Wildman–Crippen LogP) is 5.14. The van der Waals surface area contributed by atoms with Crippen LogP contribution >= 0.6 is 23.2 Å². The second kappa shape index (κ2) is 13.2. The number of ether oxygens (including phenoxy) is 1. The van der Waals surface area contributed by atoms with Crippen LogP contribution in [-0.4, -0.2) is 50.9 Å². The largest absolute Gasteiger partial charge is 0.497 e. The lowest BCUT2D eigenvalue weighted by Crippen LogP contribution is -2.52. The SMILES string of the molecule is COc1ccc(S(=O)(=O)N(CC(=O)N(Cc2ccccc2Cl)[C@H](C)C(=O)NC(C)C)c2ccc(Cl)cc2)cc1. The summed E-state index contributed by atoms with van der Waals surface area (Å²) in [6.45, 7) is 4.65. The summed E-state index contributed by atoms with van der Waals surface area (Å²) in [5.74, 6) is -0.478. The van der Waals surface area contributed by atoms with Gasteiger partial charge in [0.1, 0.15) is 18.3 Å². The van der Waals surface area contributed by atoms with Gasteiger partial charge in [0.2, 0.25) is 11.8 Å². The number of nitrogens with zero attached hydrogens (tertiary/aromatic N) is 2. The minimum absolute atomic E-state index is 0.00221. The van der Waals surface area contributed by atoms with Gasteiger partial charge < -0.3 is 15.0 Å². The molecule has 3 aromatic carbocycles. The van der Waals surface area contributed by atoms with Crippen molar-refractivity contribution in [2.45, 2.75) is 44.3 Å². The van der Waals surface area contributed by atoms with Gasteiger partial charge in [-0.05, 0) is 80.9 Å². The Kier molecular flexibility index (Phi) is 10.2. The maximum Gasteiger partial charge on any atom is 0.264 e. The molecule has 39 heavy (non-hydrogen) atoms. The molecular weight excluding hydrogens is 561 g/mol. The second-order valence-electron chi connectivity index (χ2n) is 9.12. The summed E-state index contributed by atoms with van der Waals surface area (Å²) in [6, 6.07) is 17.9. The molecule has 2 amide bonds. The molecule has 0 aliphatic heterocycles. The van der Waals surface area contributed by atoms with Crippen LogP contribution in [0, 0.1) is 0 Å². The van der Waals surface area contributed by atoms with Gasteiger partial charge in [0.05, 0.1) is 17.7 Å². The molecule has 0 spiro atoms. The van der Waals surface area contributed by atoms with E-state index in [1.165, 1.54) is 60.5 Å². The van der Waals surface area contributed by atoms with Crippen LogP contribution in [0.1, 0.15) is 26.3 Å². The number of benzene rings is 3. The predicted molar refractivity (Wildman–Crippen MR) is 154 cm³/mol. The number of carbonyl (C=O) groups excluding carboxylic acids is 2. The van der Waals surface area contributed by atoms with Gasteiger partial charge in [0.25, 0.3) is 10.0 Å². The highest BCUT2D eigenvalue weighted by molar-refractivity contribution is 7.92. The molecule has 0 unspecified atom stereocenters. The van der Waals surface area contributed by atoms with Crippen molar-refractivity contribution in [2.24, 2.45) is 0 Å². The molecule has 0 saturated heterocycles. The number of hydrogen-bond donors (Lipinski definition) is 1. The maximum absolute atomic E-state index is 13.9. The maximum atomic E-state index is 13.9. The molecule has 208 valence electrons. The molecule has 0 radical (unpaired) electrons. The number of hydrogen-bond acceptors (Lipinski definition) is 5. The van der Waals surface area contributed by atoms with E-state index in [9.17, 15) is 18.0 Å². The highest BCUT2D eigenvalue weighted by Crippen LogP contribution is 2.27. The minimum Gasteiger partial charge on any atom is -0.497 e. The van der Waals surface area contributed by atoms with E-state index in [0.29, 0.717) is 21.4 Å². The Bertz CT molecular complexity index is 1400. The summed E-state index contributed by atoms with van der Waals surface area (Å²) in [6.07, 6.45) is 0. The van der Waals surface area contributed by atoms with Crippen molar-refractivity contribution in [3.8, 4) is 5.75 Å². The Labute approximate surface area is 239 Å². The highest BCUT2D eigenvalue weighted by Gasteiger charge is 2.33. The smallest absolute Gasteiger partial charge is 0.264 e. The molecule has 3 rings (SSSR count). The molecule has 11 heteroatoms. The normalized spacial score (nSPS) is 12.1. The topological polar surface area (TPSA) is 96.0 Å². The van der Waals surface area contributed by atoms with E-state index < -0.39 is 28.5 Å². The van der Waals surface area contributed by atoms with Crippen molar-refractivity contribution in [1.82, 2.24) is 10.2 Å². The molecule has 1 atom stereocenters. The third-order valence-electron chi connectivity index (χ3n) is 5.94. The third kappa shape index (κ3) is 7.65. The highest BCUT2D eigenvalue weighted by atomic mass is 35.5. The zero-order valence-electron chi connectivity index (χ0n) is 22.1. The first-order valence-corrected chi connectivity index (χ1v) is 14.4. The number of halogens is 2. The standard InChI is InChI=1S/C28H31Cl2N3O5S/c1-19(2)31-28(35)20(3)32(17-21-7-5-6-8-26(21)30)27(34)18-33(23-11-9-22(29)10-12-23)39(36,37)25-15-13-24(38-4)14-16-25/h5-16,19-20H,17-18H2,1-4H3,(H,31,35)/t20-/m1/s1. The fourth-order valence-corrected chi connectivity index (χ4v) is 5.54. The number of methoxy groups -OCH3 is 1. The van der Waals surface area contributed by atoms with E-state index in [0.717, 1.165) is 4.31 Å². The van der Waals surface area contributed by atoms with Crippen LogP contribution in [0.5, 0.6) is 5.75 Å². The lowest BCUT2D eigenvalue weighted by atomic mass is 10.1. The molecule has 0 saturated carbocycles. The average Bonchev–Trinajstić information content (AvgIpc) is 2.91. The Hall–Kier alpha value is -3.27. The summed E-state index contributed by atoms with van der Waals surface area (Å²) in [5.41, 5.74) is 0.855. The van der Waals surface area contributed by atoms with Crippen molar-refractivity contribution in [1.29, 1.82) is 0 Å². The number of rotatable bonds is 11. The number of carbonyl (C=O) groups is 2. The molecule has 0 aromatic heterocycles. The van der Waals surface area contributed by atoms with Gasteiger partial charge in [0.15, 0.2) is 0 Å². The summed E-state index contributed by atoms with van der Waals surface area (Å²) in [4.78, 5) is 28.1. The first kappa shape index (κ1) is 30.3. The third-order valence-corrected chi connectivity index (χ3v) is 8.35. The summed E-state index contributed by atoms with van der Waals surface area (Å²) < 4.78 is 33.8. The number of nitrogens with one attached hydrogen (secondary N) is 1. The molecule has 0 aliphatic rings. The second-order valence-corrected chi connectivity index (χ2v) is 11.8. The number of anilines is 1. The van der Waals surface area contributed by atoms with Crippen molar-refractivity contribution in [3.05, 3.63) is 88.4 Å². The summed E-state index contributed by atoms with van der Waals surface area (Å²) in [5, 5.41) is 3.64. The zero-order chi connectivity index (χ0) is 28.7. The van der Waals surface area contributed by atoms with Gasteiger partial charge in [0, 0.05) is 22.6 Å². The van der Waals surface area contributed by atoms with Gasteiger partial charge >= 0.3 is 0 Å². The zero-order valence-corrected chi connectivity index (χ0v) is 24.4. The summed E-state index contributed by atoms with van der Waals surface area (Å²) in [7, 11) is -2.73. The van der Waals surface area contributed by atoms with Gasteiger partial charge in [-0.15, -0.1) is 0 Å². The molecule has 3 aromatic rings. The van der Waals surface area contributed by atoms with Crippen LogP contribution in [0.25, 0.3) is 0 Å². The lowest BCUT2D eigenvalue weighted by molar-refractivity contribution is -0.139. The monoisotopic (exact) mass is 591 g/mol. The van der Waals surface area contributed by atoms with Crippen LogP contribution in [0.3, 0.4) is 0 Å². The van der Waals surface area contributed by atoms with E-state index in [1.54, 1.807) is 31.2 Å². The molecule has 0 fully saturated rings. The first-order chi connectivity index (χ1) is 18.4. The van der Waals surface area contributed by atoms with E-state index >= 15 is 0 Å². The van der Waals surface area contributed by atoms with E-state index in [4.69, 9.17) is 27.9 Å². The van der Waals surface area contributed by atoms with Gasteiger partial charge in [-0.2, -0.15) is 0 Å². The molecule has 1 N–H and O–H groups in total. The molecular formula is C28H31Cl2N3O5S. The molecule has 0 aliphatic carbocycles. The van der Waals surface area contributed by atoms with Crippen molar-refractivity contribution < 1.29 is 22.7 Å². The fourth-order valence-electron chi connectivity index (χ4n) is 3.81. The minimum atomic E-state index is -4.21. The van der Waals surface area contributed by atoms with Gasteiger partial charge in [-0.25, -0.2) is 8.42 Å². The Morgan fingerprint density at radius 2 is 1.54 bits per heavy atom. The number of sulfonamides is 1. The van der Waals surface area contributed by atoms with Crippen LogP contribution in [0.2, 0.25) is 10.0 Å². The Morgan fingerprint density at radius 1 is 0.923 bits per heavy atom. The van der Waals surface area contributed by atoms with Gasteiger partial charge in [-0.3, -0.25) is 13.9 Å². The Morgan fingerprint density at radius 3 is 2.10 bits per heavy atom. The fraction of sp³-hybridized carbons (Fsp3) is 0.286. The quantitative estimate of drug-likeness (QED) is 0.333. The van der Waals surface area contributed by atoms with Crippen molar-refractivity contribution in [3.63, 3.8) is 0 Å². The first-order valence-electron chi connectivity index (χ1n) is 12.2. The van der Waals surface area contributed by atoms with Crippen LogP contribution < -0.4 is 14.4 Å². The number of amides is 2.